The fraction of sp³-hybridized carbons (Fsp3) is 0.250. The largest absolute Gasteiger partial charge is 0.304 e. The highest BCUT2D eigenvalue weighted by Gasteiger charge is 2.20. The molecule has 1 aliphatic rings. The van der Waals surface area contributed by atoms with E-state index >= 15 is 0 Å². The number of para-hydroxylation sites is 1. The Morgan fingerprint density at radius 3 is 2.79 bits per heavy atom. The van der Waals surface area contributed by atoms with Crippen LogP contribution in [0.1, 0.15) is 21.1 Å². The van der Waals surface area contributed by atoms with Crippen molar-refractivity contribution in [3.05, 3.63) is 58.7 Å². The molecule has 5 rings (SSSR count). The van der Waals surface area contributed by atoms with Crippen LogP contribution in [0.3, 0.4) is 0 Å². The van der Waals surface area contributed by atoms with Crippen LogP contribution in [0.2, 0.25) is 0 Å². The molecule has 28 heavy (non-hydrogen) atoms. The lowest BCUT2D eigenvalue weighted by atomic mass is 10.3. The molecule has 1 aromatic carbocycles. The average Bonchev–Trinajstić information content (AvgIpc) is 3.36. The Balaban J connectivity index is 1.44. The first-order valence-corrected chi connectivity index (χ1v) is 10.0. The summed E-state index contributed by atoms with van der Waals surface area (Å²) in [6.07, 6.45) is 0. The molecule has 4 aromatic rings. The van der Waals surface area contributed by atoms with E-state index in [1.807, 2.05) is 58.8 Å². The smallest absolute Gasteiger partial charge is 0.267 e. The summed E-state index contributed by atoms with van der Waals surface area (Å²) in [5.41, 5.74) is 3.02. The highest BCUT2D eigenvalue weighted by molar-refractivity contribution is 7.20. The van der Waals surface area contributed by atoms with Crippen molar-refractivity contribution in [2.24, 2.45) is 0 Å². The second kappa shape index (κ2) is 6.57. The number of likely N-dealkylation sites (N-methyl/N-ethyl adjacent to an activating group) is 1. The second-order valence-corrected chi connectivity index (χ2v) is 8.13. The third-order valence-corrected chi connectivity index (χ3v) is 6.11. The van der Waals surface area contributed by atoms with Crippen LogP contribution < -0.4 is 5.32 Å². The normalized spacial score (nSPS) is 14.4. The van der Waals surface area contributed by atoms with Crippen molar-refractivity contribution in [2.75, 3.05) is 18.9 Å². The molecule has 7 nitrogen and oxygen atoms in total. The van der Waals surface area contributed by atoms with Crippen LogP contribution in [0.15, 0.2) is 42.5 Å². The van der Waals surface area contributed by atoms with E-state index in [2.05, 4.69) is 27.5 Å². The van der Waals surface area contributed by atoms with Gasteiger partial charge < -0.3 is 5.32 Å². The van der Waals surface area contributed by atoms with Crippen molar-refractivity contribution in [2.45, 2.75) is 20.0 Å². The molecule has 0 atom stereocenters. The fourth-order valence-electron chi connectivity index (χ4n) is 3.54. The Kier molecular flexibility index (Phi) is 4.03. The molecule has 142 valence electrons. The number of thiophene rings is 1. The number of carbonyl (C=O) groups excluding carboxylic acids is 1. The molecule has 0 radical (unpaired) electrons. The van der Waals surface area contributed by atoms with Gasteiger partial charge in [0, 0.05) is 24.5 Å². The number of hydrogen-bond donors (Lipinski definition) is 1. The Morgan fingerprint density at radius 1 is 1.14 bits per heavy atom. The number of anilines is 1. The predicted molar refractivity (Wildman–Crippen MR) is 110 cm³/mol. The van der Waals surface area contributed by atoms with Gasteiger partial charge in [0.25, 0.3) is 5.91 Å². The quantitative estimate of drug-likeness (QED) is 0.581. The zero-order valence-electron chi connectivity index (χ0n) is 15.7. The minimum Gasteiger partial charge on any atom is -0.304 e. The molecular formula is C20H20N6OS. The first-order valence-electron chi connectivity index (χ1n) is 9.20. The van der Waals surface area contributed by atoms with Crippen LogP contribution in [0.25, 0.3) is 15.9 Å². The van der Waals surface area contributed by atoms with Gasteiger partial charge in [-0.05, 0) is 32.2 Å². The van der Waals surface area contributed by atoms with Crippen molar-refractivity contribution in [1.82, 2.24) is 24.5 Å². The van der Waals surface area contributed by atoms with Gasteiger partial charge in [0.05, 0.1) is 28.5 Å². The minimum atomic E-state index is -0.135. The van der Waals surface area contributed by atoms with Crippen LogP contribution in [-0.2, 0) is 13.1 Å². The van der Waals surface area contributed by atoms with Crippen molar-refractivity contribution >= 4 is 33.3 Å². The Bertz CT molecular complexity index is 1170. The lowest BCUT2D eigenvalue weighted by Gasteiger charge is -2.22. The van der Waals surface area contributed by atoms with E-state index in [0.717, 1.165) is 46.9 Å². The summed E-state index contributed by atoms with van der Waals surface area (Å²) in [5.74, 6) is 0.471. The van der Waals surface area contributed by atoms with E-state index in [-0.39, 0.29) is 5.91 Å². The molecule has 4 heterocycles. The molecule has 0 saturated carbocycles. The summed E-state index contributed by atoms with van der Waals surface area (Å²) < 4.78 is 3.87. The number of carbonyl (C=O) groups is 1. The number of nitrogens with one attached hydrogen (secondary N) is 1. The first kappa shape index (κ1) is 17.2. The lowest BCUT2D eigenvalue weighted by Crippen LogP contribution is -2.30. The maximum absolute atomic E-state index is 12.8. The van der Waals surface area contributed by atoms with E-state index < -0.39 is 0 Å². The number of hydrogen-bond acceptors (Lipinski definition) is 5. The summed E-state index contributed by atoms with van der Waals surface area (Å²) in [4.78, 5) is 16.7. The molecule has 0 spiro atoms. The highest BCUT2D eigenvalue weighted by Crippen LogP contribution is 2.31. The highest BCUT2D eigenvalue weighted by atomic mass is 32.1. The van der Waals surface area contributed by atoms with Gasteiger partial charge >= 0.3 is 0 Å². The Hall–Kier alpha value is -2.97. The molecule has 1 amide bonds. The lowest BCUT2D eigenvalue weighted by molar-refractivity contribution is 0.103. The van der Waals surface area contributed by atoms with Crippen LogP contribution in [0.5, 0.6) is 0 Å². The van der Waals surface area contributed by atoms with E-state index in [1.165, 1.54) is 11.3 Å². The van der Waals surface area contributed by atoms with Gasteiger partial charge in [-0.1, -0.05) is 18.2 Å². The van der Waals surface area contributed by atoms with Gasteiger partial charge in [0.15, 0.2) is 5.82 Å². The summed E-state index contributed by atoms with van der Waals surface area (Å²) in [6, 6.07) is 13.8. The van der Waals surface area contributed by atoms with Crippen molar-refractivity contribution in [1.29, 1.82) is 0 Å². The maximum Gasteiger partial charge on any atom is 0.267 e. The third-order valence-electron chi connectivity index (χ3n) is 5.00. The van der Waals surface area contributed by atoms with Gasteiger partial charge in [0.2, 0.25) is 0 Å². The molecule has 8 heteroatoms. The average molecular weight is 392 g/mol. The van der Waals surface area contributed by atoms with Crippen molar-refractivity contribution in [3.8, 4) is 5.69 Å². The number of amides is 1. The van der Waals surface area contributed by atoms with Crippen LogP contribution in [-0.4, -0.2) is 44.0 Å². The van der Waals surface area contributed by atoms with Crippen LogP contribution in [0, 0.1) is 6.92 Å². The molecule has 3 aromatic heterocycles. The van der Waals surface area contributed by atoms with Crippen molar-refractivity contribution in [3.63, 3.8) is 0 Å². The maximum atomic E-state index is 12.8. The van der Waals surface area contributed by atoms with Crippen LogP contribution >= 0.6 is 11.3 Å². The zero-order chi connectivity index (χ0) is 19.3. The van der Waals surface area contributed by atoms with Gasteiger partial charge in [-0.15, -0.1) is 11.3 Å². The molecular weight excluding hydrogens is 372 g/mol. The van der Waals surface area contributed by atoms with E-state index in [9.17, 15) is 4.79 Å². The summed E-state index contributed by atoms with van der Waals surface area (Å²) in [7, 11) is 2.09. The third kappa shape index (κ3) is 2.90. The number of aromatic nitrogens is 4. The molecule has 0 aliphatic carbocycles. The number of benzene rings is 1. The number of aryl methyl sites for hydroxylation is 1. The van der Waals surface area contributed by atoms with Gasteiger partial charge in [0.1, 0.15) is 4.83 Å². The summed E-state index contributed by atoms with van der Waals surface area (Å²) in [6.45, 7) is 4.62. The van der Waals surface area contributed by atoms with Gasteiger partial charge in [-0.25, -0.2) is 4.68 Å². The molecule has 0 fully saturated rings. The van der Waals surface area contributed by atoms with Gasteiger partial charge in [-0.2, -0.15) is 10.2 Å². The molecule has 0 unspecified atom stereocenters. The standard InChI is InChI=1S/C20H20N6OS/c1-13-16-11-17(28-20(16)26(22-13)14-6-4-3-5-7-14)19(27)21-18-10-15-12-24(2)8-9-25(15)23-18/h3-7,10-11H,8-9,12H2,1-2H3,(H,21,23,27). The zero-order valence-corrected chi connectivity index (χ0v) is 16.5. The molecule has 0 bridgehead atoms. The SMILES string of the molecule is Cc1nn(-c2ccccc2)c2sc(C(=O)Nc3cc4n(n3)CCN(C)C4)cc12. The molecule has 0 saturated heterocycles. The van der Waals surface area contributed by atoms with Crippen LogP contribution in [0.4, 0.5) is 5.82 Å². The Morgan fingerprint density at radius 2 is 1.96 bits per heavy atom. The van der Waals surface area contributed by atoms with E-state index in [4.69, 9.17) is 0 Å². The summed E-state index contributed by atoms with van der Waals surface area (Å²) >= 11 is 1.45. The first-order chi connectivity index (χ1) is 13.6. The van der Waals surface area contributed by atoms with E-state index in [1.54, 1.807) is 0 Å². The summed E-state index contributed by atoms with van der Waals surface area (Å²) in [5, 5.41) is 13.1. The van der Waals surface area contributed by atoms with Gasteiger partial charge in [-0.3, -0.25) is 14.4 Å². The Labute approximate surface area is 166 Å². The van der Waals surface area contributed by atoms with E-state index in [0.29, 0.717) is 10.7 Å². The fourth-order valence-corrected chi connectivity index (χ4v) is 4.62. The topological polar surface area (TPSA) is 68.0 Å². The van der Waals surface area contributed by atoms with Crippen molar-refractivity contribution < 1.29 is 4.79 Å². The number of fused-ring (bicyclic) bond motifs is 2. The monoisotopic (exact) mass is 392 g/mol. The number of nitrogens with zero attached hydrogens (tertiary/aromatic N) is 5. The predicted octanol–water partition coefficient (Wildman–Crippen LogP) is 3.29. The number of rotatable bonds is 3. The molecule has 1 aliphatic heterocycles. The minimum absolute atomic E-state index is 0.135. The molecule has 1 N–H and O–H groups in total. The second-order valence-electron chi connectivity index (χ2n) is 7.10.